The van der Waals surface area contributed by atoms with Gasteiger partial charge in [0.05, 0.1) is 6.61 Å². The van der Waals surface area contributed by atoms with Gasteiger partial charge in [-0.05, 0) is 38.1 Å². The summed E-state index contributed by atoms with van der Waals surface area (Å²) >= 11 is 0. The third-order valence-corrected chi connectivity index (χ3v) is 4.43. The van der Waals surface area contributed by atoms with Gasteiger partial charge >= 0.3 is 0 Å². The van der Waals surface area contributed by atoms with E-state index in [0.717, 1.165) is 12.0 Å². The van der Waals surface area contributed by atoms with Gasteiger partial charge in [0.25, 0.3) is 0 Å². The van der Waals surface area contributed by atoms with Gasteiger partial charge in [-0.2, -0.15) is 0 Å². The Morgan fingerprint density at radius 1 is 1.20 bits per heavy atom. The van der Waals surface area contributed by atoms with E-state index in [1.165, 1.54) is 51.5 Å². The summed E-state index contributed by atoms with van der Waals surface area (Å²) < 4.78 is 0. The van der Waals surface area contributed by atoms with E-state index >= 15 is 0 Å². The number of aliphatic hydroxyl groups excluding tert-OH is 1. The quantitative estimate of drug-likeness (QED) is 0.775. The fourth-order valence-corrected chi connectivity index (χ4v) is 3.47. The summed E-state index contributed by atoms with van der Waals surface area (Å²) in [6, 6.07) is 1.26. The SMILES string of the molecule is CCC1CCCC(N2CCC[C@H]2CO)C1. The van der Waals surface area contributed by atoms with E-state index in [2.05, 4.69) is 11.8 Å². The lowest BCUT2D eigenvalue weighted by molar-refractivity contribution is 0.0825. The molecule has 1 saturated heterocycles. The molecule has 2 unspecified atom stereocenters. The highest BCUT2D eigenvalue weighted by atomic mass is 16.3. The molecule has 0 bridgehead atoms. The van der Waals surface area contributed by atoms with E-state index in [-0.39, 0.29) is 0 Å². The maximum absolute atomic E-state index is 9.35. The molecule has 2 aliphatic rings. The molecule has 2 fully saturated rings. The Kier molecular flexibility index (Phi) is 4.04. The second-order valence-corrected chi connectivity index (χ2v) is 5.31. The van der Waals surface area contributed by atoms with Crippen molar-refractivity contribution in [2.24, 2.45) is 5.92 Å². The summed E-state index contributed by atoms with van der Waals surface area (Å²) in [6.07, 6.45) is 9.43. The zero-order valence-corrected chi connectivity index (χ0v) is 9.99. The minimum atomic E-state index is 0.368. The van der Waals surface area contributed by atoms with E-state index in [1.807, 2.05) is 0 Å². The van der Waals surface area contributed by atoms with Crippen LogP contribution in [0.3, 0.4) is 0 Å². The van der Waals surface area contributed by atoms with Crippen molar-refractivity contribution in [3.05, 3.63) is 0 Å². The average Bonchev–Trinajstić information content (AvgIpc) is 2.77. The molecule has 1 saturated carbocycles. The molecule has 0 aromatic rings. The van der Waals surface area contributed by atoms with Crippen LogP contribution in [0.4, 0.5) is 0 Å². The van der Waals surface area contributed by atoms with Crippen molar-refractivity contribution in [2.45, 2.75) is 64.0 Å². The smallest absolute Gasteiger partial charge is 0.0586 e. The highest BCUT2D eigenvalue weighted by Gasteiger charge is 2.32. The topological polar surface area (TPSA) is 23.5 Å². The van der Waals surface area contributed by atoms with E-state index in [9.17, 15) is 5.11 Å². The molecular weight excluding hydrogens is 186 g/mol. The number of nitrogens with zero attached hydrogens (tertiary/aromatic N) is 1. The number of hydrogen-bond acceptors (Lipinski definition) is 2. The monoisotopic (exact) mass is 211 g/mol. The molecular formula is C13H25NO. The standard InChI is InChI=1S/C13H25NO/c1-2-11-5-3-6-12(9-11)14-8-4-7-13(14)10-15/h11-13,15H,2-10H2,1H3/t11?,12?,13-/m0/s1. The first-order valence-electron chi connectivity index (χ1n) is 6.71. The Bertz CT molecular complexity index is 195. The number of aliphatic hydroxyl groups is 1. The summed E-state index contributed by atoms with van der Waals surface area (Å²) in [6.45, 7) is 3.92. The van der Waals surface area contributed by atoms with Crippen LogP contribution in [0.25, 0.3) is 0 Å². The third-order valence-electron chi connectivity index (χ3n) is 4.43. The van der Waals surface area contributed by atoms with Gasteiger partial charge in [0.1, 0.15) is 0 Å². The van der Waals surface area contributed by atoms with Crippen molar-refractivity contribution in [2.75, 3.05) is 13.2 Å². The Hall–Kier alpha value is -0.0800. The summed E-state index contributed by atoms with van der Waals surface area (Å²) in [5.41, 5.74) is 0. The van der Waals surface area contributed by atoms with E-state index in [4.69, 9.17) is 0 Å². The van der Waals surface area contributed by atoms with Crippen LogP contribution in [0.15, 0.2) is 0 Å². The van der Waals surface area contributed by atoms with E-state index < -0.39 is 0 Å². The summed E-state index contributed by atoms with van der Waals surface area (Å²) in [4.78, 5) is 2.60. The highest BCUT2D eigenvalue weighted by Crippen LogP contribution is 2.33. The van der Waals surface area contributed by atoms with Crippen molar-refractivity contribution in [1.82, 2.24) is 4.90 Å². The van der Waals surface area contributed by atoms with Crippen LogP contribution in [-0.4, -0.2) is 35.2 Å². The zero-order valence-electron chi connectivity index (χ0n) is 9.99. The fraction of sp³-hybridized carbons (Fsp3) is 1.00. The van der Waals surface area contributed by atoms with Crippen LogP contribution >= 0.6 is 0 Å². The maximum atomic E-state index is 9.35. The highest BCUT2D eigenvalue weighted by molar-refractivity contribution is 4.87. The first kappa shape index (κ1) is 11.4. The van der Waals surface area contributed by atoms with Gasteiger partial charge < -0.3 is 5.11 Å². The molecule has 2 heteroatoms. The van der Waals surface area contributed by atoms with Crippen molar-refractivity contribution in [1.29, 1.82) is 0 Å². The Morgan fingerprint density at radius 3 is 2.80 bits per heavy atom. The van der Waals surface area contributed by atoms with Gasteiger partial charge in [-0.1, -0.05) is 26.2 Å². The molecule has 2 nitrogen and oxygen atoms in total. The lowest BCUT2D eigenvalue weighted by Gasteiger charge is -2.37. The second-order valence-electron chi connectivity index (χ2n) is 5.31. The molecule has 0 spiro atoms. The van der Waals surface area contributed by atoms with Crippen molar-refractivity contribution >= 4 is 0 Å². The van der Waals surface area contributed by atoms with E-state index in [1.54, 1.807) is 0 Å². The van der Waals surface area contributed by atoms with Crippen molar-refractivity contribution < 1.29 is 5.11 Å². The summed E-state index contributed by atoms with van der Waals surface area (Å²) in [5, 5.41) is 9.35. The number of likely N-dealkylation sites (tertiary alicyclic amines) is 1. The summed E-state index contributed by atoms with van der Waals surface area (Å²) in [5.74, 6) is 0.948. The lowest BCUT2D eigenvalue weighted by Crippen LogP contribution is -2.43. The van der Waals surface area contributed by atoms with Crippen LogP contribution in [0.1, 0.15) is 51.9 Å². The molecule has 1 aliphatic carbocycles. The minimum absolute atomic E-state index is 0.368. The Morgan fingerprint density at radius 2 is 2.07 bits per heavy atom. The van der Waals surface area contributed by atoms with E-state index in [0.29, 0.717) is 12.6 Å². The van der Waals surface area contributed by atoms with Crippen LogP contribution in [-0.2, 0) is 0 Å². The third kappa shape index (κ3) is 2.54. The van der Waals surface area contributed by atoms with Gasteiger partial charge in [-0.15, -0.1) is 0 Å². The van der Waals surface area contributed by atoms with Gasteiger partial charge in [-0.3, -0.25) is 4.90 Å². The molecule has 0 radical (unpaired) electrons. The largest absolute Gasteiger partial charge is 0.395 e. The normalized spacial score (nSPS) is 38.4. The Labute approximate surface area is 93.7 Å². The van der Waals surface area contributed by atoms with Crippen molar-refractivity contribution in [3.8, 4) is 0 Å². The van der Waals surface area contributed by atoms with Crippen LogP contribution < -0.4 is 0 Å². The molecule has 15 heavy (non-hydrogen) atoms. The average molecular weight is 211 g/mol. The predicted molar refractivity (Wildman–Crippen MR) is 62.9 cm³/mol. The second kappa shape index (κ2) is 5.31. The van der Waals surface area contributed by atoms with Crippen LogP contribution in [0.5, 0.6) is 0 Å². The van der Waals surface area contributed by atoms with Gasteiger partial charge in [0.2, 0.25) is 0 Å². The van der Waals surface area contributed by atoms with Crippen molar-refractivity contribution in [3.63, 3.8) is 0 Å². The predicted octanol–water partition coefficient (Wildman–Crippen LogP) is 2.41. The first-order chi connectivity index (χ1) is 7.35. The number of hydrogen-bond donors (Lipinski definition) is 1. The molecule has 2 rings (SSSR count). The fourth-order valence-electron chi connectivity index (χ4n) is 3.47. The van der Waals surface area contributed by atoms with Gasteiger partial charge in [-0.25, -0.2) is 0 Å². The lowest BCUT2D eigenvalue weighted by atomic mass is 9.83. The molecule has 0 amide bonds. The van der Waals surface area contributed by atoms with Crippen LogP contribution in [0.2, 0.25) is 0 Å². The molecule has 0 aromatic carbocycles. The van der Waals surface area contributed by atoms with Crippen LogP contribution in [0, 0.1) is 5.92 Å². The van der Waals surface area contributed by atoms with Gasteiger partial charge in [0, 0.05) is 12.1 Å². The Balaban J connectivity index is 1.91. The minimum Gasteiger partial charge on any atom is -0.395 e. The first-order valence-corrected chi connectivity index (χ1v) is 6.71. The molecule has 88 valence electrons. The molecule has 1 aliphatic heterocycles. The molecule has 1 heterocycles. The molecule has 1 N–H and O–H groups in total. The summed E-state index contributed by atoms with van der Waals surface area (Å²) in [7, 11) is 0. The van der Waals surface area contributed by atoms with Gasteiger partial charge in [0.15, 0.2) is 0 Å². The maximum Gasteiger partial charge on any atom is 0.0586 e. The molecule has 3 atom stereocenters. The molecule has 0 aromatic heterocycles. The zero-order chi connectivity index (χ0) is 10.7. The number of rotatable bonds is 3.